The predicted molar refractivity (Wildman–Crippen MR) is 73.0 cm³/mol. The summed E-state index contributed by atoms with van der Waals surface area (Å²) in [5, 5.41) is 0. The smallest absolute Gasteiger partial charge is 0.325 e. The average molecular weight is 263 g/mol. The number of methoxy groups -OCH3 is 1. The number of benzene rings is 1. The number of para-hydroxylation sites is 1. The van der Waals surface area contributed by atoms with Gasteiger partial charge in [-0.3, -0.25) is 4.79 Å². The minimum Gasteiger partial charge on any atom is -0.490 e. The molecule has 0 amide bonds. The first-order valence-electron chi connectivity index (χ1n) is 6.71. The Hall–Kier alpha value is -1.55. The van der Waals surface area contributed by atoms with Crippen molar-refractivity contribution >= 4 is 5.97 Å². The lowest BCUT2D eigenvalue weighted by molar-refractivity contribution is -0.147. The summed E-state index contributed by atoms with van der Waals surface area (Å²) in [5.74, 6) is 0.548. The van der Waals surface area contributed by atoms with Gasteiger partial charge in [0.15, 0.2) is 0 Å². The molecule has 1 aromatic rings. The molecule has 4 heteroatoms. The van der Waals surface area contributed by atoms with Gasteiger partial charge in [0, 0.05) is 6.42 Å². The second-order valence-electron chi connectivity index (χ2n) is 5.09. The zero-order valence-corrected chi connectivity index (χ0v) is 11.5. The number of hydrogen-bond donors (Lipinski definition) is 1. The van der Waals surface area contributed by atoms with Gasteiger partial charge in [-0.25, -0.2) is 0 Å². The standard InChI is InChI=1S/C15H21NO3/c1-3-11-6-4-5-7-13(11)19-12-8-9-15(16,10-12)14(17)18-2/h4-7,12H,3,8-10,16H2,1-2H3. The first kappa shape index (κ1) is 13.9. The van der Waals surface area contributed by atoms with Crippen LogP contribution in [0, 0.1) is 0 Å². The van der Waals surface area contributed by atoms with Gasteiger partial charge < -0.3 is 15.2 Å². The number of rotatable bonds is 4. The number of esters is 1. The van der Waals surface area contributed by atoms with Gasteiger partial charge in [0.05, 0.1) is 7.11 Å². The van der Waals surface area contributed by atoms with E-state index < -0.39 is 5.54 Å². The normalized spacial score (nSPS) is 26.2. The molecule has 2 unspecified atom stereocenters. The fraction of sp³-hybridized carbons (Fsp3) is 0.533. The molecule has 4 nitrogen and oxygen atoms in total. The monoisotopic (exact) mass is 263 g/mol. The van der Waals surface area contributed by atoms with Gasteiger partial charge in [-0.05, 0) is 30.9 Å². The van der Waals surface area contributed by atoms with Gasteiger partial charge in [0.25, 0.3) is 0 Å². The largest absolute Gasteiger partial charge is 0.490 e. The van der Waals surface area contributed by atoms with Crippen LogP contribution >= 0.6 is 0 Å². The molecule has 0 spiro atoms. The third-order valence-electron chi connectivity index (χ3n) is 3.74. The summed E-state index contributed by atoms with van der Waals surface area (Å²) >= 11 is 0. The number of nitrogens with two attached hydrogens (primary N) is 1. The van der Waals surface area contributed by atoms with Crippen LogP contribution in [0.1, 0.15) is 31.7 Å². The molecule has 2 N–H and O–H groups in total. The van der Waals surface area contributed by atoms with E-state index in [9.17, 15) is 4.79 Å². The molecule has 1 saturated carbocycles. The molecule has 104 valence electrons. The molecule has 0 aromatic heterocycles. The van der Waals surface area contributed by atoms with Crippen LogP contribution in [0.5, 0.6) is 5.75 Å². The number of ether oxygens (including phenoxy) is 2. The average Bonchev–Trinajstić information content (AvgIpc) is 2.81. The third kappa shape index (κ3) is 2.89. The topological polar surface area (TPSA) is 61.5 Å². The summed E-state index contributed by atoms with van der Waals surface area (Å²) in [6.07, 6.45) is 2.81. The van der Waals surface area contributed by atoms with Crippen molar-refractivity contribution in [1.29, 1.82) is 0 Å². The summed E-state index contributed by atoms with van der Waals surface area (Å²) in [7, 11) is 1.37. The second kappa shape index (κ2) is 5.61. The minimum absolute atomic E-state index is 0.0169. The quantitative estimate of drug-likeness (QED) is 0.845. The molecule has 0 radical (unpaired) electrons. The van der Waals surface area contributed by atoms with Crippen LogP contribution in [0.4, 0.5) is 0 Å². The zero-order valence-electron chi connectivity index (χ0n) is 11.5. The molecular weight excluding hydrogens is 242 g/mol. The van der Waals surface area contributed by atoms with Crippen LogP contribution in [0.3, 0.4) is 0 Å². The second-order valence-corrected chi connectivity index (χ2v) is 5.09. The van der Waals surface area contributed by atoms with E-state index in [2.05, 4.69) is 13.0 Å². The maximum absolute atomic E-state index is 11.7. The summed E-state index contributed by atoms with van der Waals surface area (Å²) in [6, 6.07) is 7.98. The van der Waals surface area contributed by atoms with Crippen molar-refractivity contribution in [1.82, 2.24) is 0 Å². The first-order valence-corrected chi connectivity index (χ1v) is 6.71. The molecule has 19 heavy (non-hydrogen) atoms. The number of hydrogen-bond acceptors (Lipinski definition) is 4. The van der Waals surface area contributed by atoms with E-state index in [1.165, 1.54) is 12.7 Å². The van der Waals surface area contributed by atoms with Crippen LogP contribution in [0.15, 0.2) is 24.3 Å². The predicted octanol–water partition coefficient (Wildman–Crippen LogP) is 2.05. The fourth-order valence-corrected chi connectivity index (χ4v) is 2.61. The molecule has 0 heterocycles. The van der Waals surface area contributed by atoms with Crippen molar-refractivity contribution in [3.05, 3.63) is 29.8 Å². The summed E-state index contributed by atoms with van der Waals surface area (Å²) in [6.45, 7) is 2.10. The van der Waals surface area contributed by atoms with Crippen LogP contribution < -0.4 is 10.5 Å². The molecule has 1 aliphatic carbocycles. The maximum Gasteiger partial charge on any atom is 0.325 e. The summed E-state index contributed by atoms with van der Waals surface area (Å²) in [4.78, 5) is 11.7. The highest BCUT2D eigenvalue weighted by atomic mass is 16.5. The van der Waals surface area contributed by atoms with Crippen molar-refractivity contribution in [2.24, 2.45) is 5.73 Å². The Morgan fingerprint density at radius 2 is 2.21 bits per heavy atom. The van der Waals surface area contributed by atoms with E-state index in [1.807, 2.05) is 18.2 Å². The highest BCUT2D eigenvalue weighted by molar-refractivity contribution is 5.80. The van der Waals surface area contributed by atoms with Gasteiger partial charge in [0.1, 0.15) is 17.4 Å². The van der Waals surface area contributed by atoms with Crippen LogP contribution in [0.25, 0.3) is 0 Å². The molecule has 2 rings (SSSR count). The first-order chi connectivity index (χ1) is 9.09. The van der Waals surface area contributed by atoms with Crippen molar-refractivity contribution in [3.63, 3.8) is 0 Å². The Morgan fingerprint density at radius 1 is 1.47 bits per heavy atom. The number of carbonyl (C=O) groups excluding carboxylic acids is 1. The van der Waals surface area contributed by atoms with Gasteiger partial charge in [-0.2, -0.15) is 0 Å². The van der Waals surface area contributed by atoms with Crippen LogP contribution in [0.2, 0.25) is 0 Å². The van der Waals surface area contributed by atoms with E-state index in [0.29, 0.717) is 12.8 Å². The summed E-state index contributed by atoms with van der Waals surface area (Å²) in [5.41, 5.74) is 6.36. The van der Waals surface area contributed by atoms with Gasteiger partial charge >= 0.3 is 5.97 Å². The lowest BCUT2D eigenvalue weighted by Gasteiger charge is -2.21. The summed E-state index contributed by atoms with van der Waals surface area (Å²) < 4.78 is 10.8. The van der Waals surface area contributed by atoms with E-state index in [1.54, 1.807) is 0 Å². The molecule has 0 bridgehead atoms. The fourth-order valence-electron chi connectivity index (χ4n) is 2.61. The van der Waals surface area contributed by atoms with Gasteiger partial charge in [0.2, 0.25) is 0 Å². The van der Waals surface area contributed by atoms with E-state index in [-0.39, 0.29) is 12.1 Å². The highest BCUT2D eigenvalue weighted by Gasteiger charge is 2.44. The Kier molecular flexibility index (Phi) is 4.10. The minimum atomic E-state index is -0.888. The molecule has 2 atom stereocenters. The third-order valence-corrected chi connectivity index (χ3v) is 3.74. The van der Waals surface area contributed by atoms with Crippen LogP contribution in [-0.2, 0) is 16.0 Å². The van der Waals surface area contributed by atoms with Crippen LogP contribution in [-0.4, -0.2) is 24.7 Å². The Bertz CT molecular complexity index is 460. The molecule has 1 fully saturated rings. The molecule has 0 aliphatic heterocycles. The molecule has 1 aromatic carbocycles. The Labute approximate surface area is 113 Å². The van der Waals surface area contributed by atoms with Crippen molar-refractivity contribution < 1.29 is 14.3 Å². The van der Waals surface area contributed by atoms with Crippen molar-refractivity contribution in [3.8, 4) is 5.75 Å². The lowest BCUT2D eigenvalue weighted by atomic mass is 10.00. The van der Waals surface area contributed by atoms with Crippen molar-refractivity contribution in [2.45, 2.75) is 44.2 Å². The number of aryl methyl sites for hydroxylation is 1. The Morgan fingerprint density at radius 3 is 2.89 bits per heavy atom. The molecular formula is C15H21NO3. The van der Waals surface area contributed by atoms with E-state index in [4.69, 9.17) is 15.2 Å². The zero-order chi connectivity index (χ0) is 13.9. The van der Waals surface area contributed by atoms with E-state index in [0.717, 1.165) is 18.6 Å². The SMILES string of the molecule is CCc1ccccc1OC1CCC(N)(C(=O)OC)C1. The molecule has 1 aliphatic rings. The maximum atomic E-state index is 11.7. The molecule has 0 saturated heterocycles. The van der Waals surface area contributed by atoms with E-state index >= 15 is 0 Å². The lowest BCUT2D eigenvalue weighted by Crippen LogP contribution is -2.47. The van der Waals surface area contributed by atoms with Gasteiger partial charge in [-0.15, -0.1) is 0 Å². The van der Waals surface area contributed by atoms with Gasteiger partial charge in [-0.1, -0.05) is 25.1 Å². The van der Waals surface area contributed by atoms with Crippen molar-refractivity contribution in [2.75, 3.05) is 7.11 Å². The Balaban J connectivity index is 2.04. The highest BCUT2D eigenvalue weighted by Crippen LogP contribution is 2.32. The number of carbonyl (C=O) groups is 1.